The van der Waals surface area contributed by atoms with E-state index < -0.39 is 90.1 Å². The molecule has 1 unspecified atom stereocenters. The van der Waals surface area contributed by atoms with Crippen LogP contribution < -0.4 is 0 Å². The SMILES string of the molecule is C=C1C[C@@H]2CC[C@]34OC5[C@@H]6O[C@H]7CC[C@H](CC(=O)O[C@@H]8[C@@H](C)[C@@H]9O[C@@H]%10C[C@]%11(C[C@@H]%12O[C@]%13(C[C@H](C)[C@@H]%14O[C@@H]%15[C@@H]([C@@H](O)CO)CO[C@@H]%15C[C@@H]%14O%13)C[C@H](C)[C@@H]%12O%11)O[C@@H]%10C[C@@H]9O[C@H]8C[C@H]8O[C@@H](CC[C@@H]1O2)C[C@@H](C)C8=C)O[C@@H]7[C@H](O3)[C@@H]6O[C@@]5(C)[C@H]4O. The van der Waals surface area contributed by atoms with E-state index in [2.05, 4.69) is 40.9 Å². The minimum absolute atomic E-state index is 0.0178. The van der Waals surface area contributed by atoms with Crippen molar-refractivity contribution in [3.05, 3.63) is 24.3 Å². The van der Waals surface area contributed by atoms with Gasteiger partial charge in [-0.05, 0) is 80.8 Å². The molecule has 456 valence electrons. The van der Waals surface area contributed by atoms with Crippen molar-refractivity contribution in [1.29, 1.82) is 0 Å². The molecule has 0 saturated carbocycles. The molecule has 17 heterocycles. The van der Waals surface area contributed by atoms with Crippen LogP contribution in [0.4, 0.5) is 0 Å². The number of aliphatic hydroxyl groups excluding tert-OH is 3. The molecule has 17 fully saturated rings. The number of aliphatic hydroxyl groups is 3. The lowest BCUT2D eigenvalue weighted by molar-refractivity contribution is -0.370. The number of carbonyl (C=O) groups excluding carboxylic acids is 1. The van der Waals surface area contributed by atoms with E-state index in [0.29, 0.717) is 83.7 Å². The lowest BCUT2D eigenvalue weighted by atomic mass is 9.77. The van der Waals surface area contributed by atoms with Crippen LogP contribution in [0.5, 0.6) is 0 Å². The Morgan fingerprint density at radius 3 is 2.11 bits per heavy atom. The highest BCUT2D eigenvalue weighted by molar-refractivity contribution is 5.70. The molecule has 0 aliphatic carbocycles. The lowest BCUT2D eigenvalue weighted by Crippen LogP contribution is -2.63. The fourth-order valence-corrected chi connectivity index (χ4v) is 19.3. The van der Waals surface area contributed by atoms with Gasteiger partial charge in [0.2, 0.25) is 0 Å². The molecule has 17 rings (SSSR count). The fraction of sp³-hybridized carbons (Fsp3) is 0.919. The highest BCUT2D eigenvalue weighted by Crippen LogP contribution is 2.60. The minimum Gasteiger partial charge on any atom is -0.459 e. The van der Waals surface area contributed by atoms with Gasteiger partial charge in [0.1, 0.15) is 48.3 Å². The van der Waals surface area contributed by atoms with E-state index in [1.165, 1.54) is 0 Å². The molecular formula is C62H88O20. The minimum atomic E-state index is -1.35. The summed E-state index contributed by atoms with van der Waals surface area (Å²) in [6, 6.07) is 0. The average molecular weight is 1150 g/mol. The molecule has 0 amide bonds. The number of hydrogen-bond acceptors (Lipinski definition) is 20. The van der Waals surface area contributed by atoms with Crippen molar-refractivity contribution in [3.63, 3.8) is 0 Å². The first-order valence-electron chi connectivity index (χ1n) is 31.8. The summed E-state index contributed by atoms with van der Waals surface area (Å²) in [5.74, 6) is -3.59. The van der Waals surface area contributed by atoms with Gasteiger partial charge in [-0.2, -0.15) is 0 Å². The molecule has 3 N–H and O–H groups in total. The summed E-state index contributed by atoms with van der Waals surface area (Å²) in [5, 5.41) is 32.4. The van der Waals surface area contributed by atoms with Crippen molar-refractivity contribution < 1.29 is 95.9 Å². The van der Waals surface area contributed by atoms with Gasteiger partial charge in [0, 0.05) is 63.2 Å². The second kappa shape index (κ2) is 20.1. The third-order valence-electron chi connectivity index (χ3n) is 23.3. The predicted molar refractivity (Wildman–Crippen MR) is 282 cm³/mol. The Morgan fingerprint density at radius 2 is 1.27 bits per heavy atom. The van der Waals surface area contributed by atoms with Gasteiger partial charge in [0.15, 0.2) is 17.4 Å². The summed E-state index contributed by atoms with van der Waals surface area (Å²) in [6.07, 6.45) is -0.562. The maximum absolute atomic E-state index is 14.6. The zero-order chi connectivity index (χ0) is 56.1. The van der Waals surface area contributed by atoms with Crippen LogP contribution in [0.2, 0.25) is 0 Å². The second-order valence-electron chi connectivity index (χ2n) is 28.8. The Bertz CT molecular complexity index is 2500. The monoisotopic (exact) mass is 1150 g/mol. The van der Waals surface area contributed by atoms with Crippen LogP contribution >= 0.6 is 0 Å². The Morgan fingerprint density at radius 1 is 0.561 bits per heavy atom. The van der Waals surface area contributed by atoms with Crippen LogP contribution in [0.15, 0.2) is 24.3 Å². The van der Waals surface area contributed by atoms with E-state index in [1.54, 1.807) is 0 Å². The van der Waals surface area contributed by atoms with Crippen LogP contribution in [-0.4, -0.2) is 210 Å². The highest BCUT2D eigenvalue weighted by Gasteiger charge is 2.77. The van der Waals surface area contributed by atoms with Crippen LogP contribution in [0.3, 0.4) is 0 Å². The molecule has 17 saturated heterocycles. The molecule has 20 nitrogen and oxygen atoms in total. The van der Waals surface area contributed by atoms with Crippen LogP contribution in [0, 0.1) is 29.6 Å². The molecule has 12 bridgehead atoms. The van der Waals surface area contributed by atoms with Gasteiger partial charge in [-0.3, -0.25) is 4.79 Å². The van der Waals surface area contributed by atoms with Crippen molar-refractivity contribution in [2.24, 2.45) is 29.6 Å². The maximum Gasteiger partial charge on any atom is 0.308 e. The molecule has 34 atom stereocenters. The summed E-state index contributed by atoms with van der Waals surface area (Å²) in [4.78, 5) is 14.6. The van der Waals surface area contributed by atoms with Crippen molar-refractivity contribution in [2.75, 3.05) is 13.2 Å². The number of esters is 1. The van der Waals surface area contributed by atoms with Crippen LogP contribution in [0.1, 0.15) is 137 Å². The Hall–Kier alpha value is -1.77. The van der Waals surface area contributed by atoms with E-state index >= 15 is 0 Å². The van der Waals surface area contributed by atoms with Gasteiger partial charge in [-0.15, -0.1) is 0 Å². The second-order valence-corrected chi connectivity index (χ2v) is 28.8. The van der Waals surface area contributed by atoms with E-state index in [-0.39, 0.29) is 134 Å². The zero-order valence-corrected chi connectivity index (χ0v) is 48.2. The Kier molecular flexibility index (Phi) is 13.6. The zero-order valence-electron chi connectivity index (χ0n) is 48.2. The van der Waals surface area contributed by atoms with Gasteiger partial charge in [0.05, 0.1) is 130 Å². The first kappa shape index (κ1) is 55.5. The van der Waals surface area contributed by atoms with Gasteiger partial charge in [-0.1, -0.05) is 40.9 Å². The molecule has 20 heteroatoms. The van der Waals surface area contributed by atoms with Crippen molar-refractivity contribution in [1.82, 2.24) is 0 Å². The quantitative estimate of drug-likeness (QED) is 0.255. The first-order valence-corrected chi connectivity index (χ1v) is 31.8. The van der Waals surface area contributed by atoms with Crippen LogP contribution in [-0.2, 0) is 80.6 Å². The molecule has 82 heavy (non-hydrogen) atoms. The molecule has 17 aliphatic rings. The van der Waals surface area contributed by atoms with Gasteiger partial charge in [-0.25, -0.2) is 0 Å². The Labute approximate surface area is 480 Å². The summed E-state index contributed by atoms with van der Waals surface area (Å²) in [6.45, 7) is 19.8. The van der Waals surface area contributed by atoms with Gasteiger partial charge in [0.25, 0.3) is 0 Å². The summed E-state index contributed by atoms with van der Waals surface area (Å²) in [5.41, 5.74) is 1.04. The normalized spacial score (nSPS) is 59.6. The third kappa shape index (κ3) is 8.80. The molecule has 0 aromatic heterocycles. The van der Waals surface area contributed by atoms with Crippen molar-refractivity contribution in [3.8, 4) is 0 Å². The highest BCUT2D eigenvalue weighted by atomic mass is 16.8. The molecule has 0 aromatic rings. The maximum atomic E-state index is 14.6. The van der Waals surface area contributed by atoms with E-state index in [1.807, 2.05) is 6.92 Å². The smallest absolute Gasteiger partial charge is 0.308 e. The number of carbonyl (C=O) groups is 1. The summed E-state index contributed by atoms with van der Waals surface area (Å²) in [7, 11) is 0. The molecule has 0 aromatic carbocycles. The van der Waals surface area contributed by atoms with E-state index in [4.69, 9.17) is 75.8 Å². The van der Waals surface area contributed by atoms with Crippen molar-refractivity contribution in [2.45, 2.75) is 313 Å². The largest absolute Gasteiger partial charge is 0.459 e. The number of hydrogen-bond donors (Lipinski definition) is 3. The number of ether oxygens (including phenoxy) is 16. The van der Waals surface area contributed by atoms with Crippen LogP contribution in [0.25, 0.3) is 0 Å². The standard InChI is InChI=1S/C62H88O20/c1-26-14-32-8-10-37-27(2)15-34(68-37)12-13-62-58(66)59(7)57(82-62)56-55(79-59)54(81-62)53-38(72-56)11-9-33(70-53)16-47(65)74-51-31(6)50-43(71-42(51)17-39(69-32)30(26)5)18-40-45(73-50)22-61(76-40)23-46-49(80-61)29(4)21-60(78-46)20-28(3)48-44(77-60)19-41-52(75-48)35(25-67-41)36(64)24-63/h26,28-29,31-46,48-58,63-64,66H,2,5,8-25H2,1,3-4,6-7H3/t26-,28+,29+,31+,32+,33-,34+,35-,36+,37+,38+,39-,40-,41-,42+,43+,44+,45-,46+,48+,49+,50+,51-,52-,53+,54+,55+,56-,57?,58-,59-,60-,61+,62-/m1/s1. The molecule has 0 radical (unpaired) electrons. The first-order chi connectivity index (χ1) is 39.4. The van der Waals surface area contributed by atoms with E-state index in [9.17, 15) is 20.1 Å². The topological polar surface area (TPSA) is 225 Å². The fourth-order valence-electron chi connectivity index (χ4n) is 19.3. The van der Waals surface area contributed by atoms with Crippen molar-refractivity contribution >= 4 is 5.97 Å². The van der Waals surface area contributed by atoms with Gasteiger partial charge < -0.3 is 91.1 Å². The summed E-state index contributed by atoms with van der Waals surface area (Å²) >= 11 is 0. The number of fused-ring (bicyclic) bond motifs is 11. The van der Waals surface area contributed by atoms with Gasteiger partial charge >= 0.3 is 5.97 Å². The molecule has 3 spiro atoms. The number of rotatable bonds is 2. The molecule has 17 aliphatic heterocycles. The van der Waals surface area contributed by atoms with E-state index in [0.717, 1.165) is 30.4 Å². The third-order valence-corrected chi connectivity index (χ3v) is 23.3. The average Bonchev–Trinajstić information content (AvgIpc) is 4.37. The molecular weight excluding hydrogens is 1060 g/mol. The Balaban J connectivity index is 0.633. The predicted octanol–water partition coefficient (Wildman–Crippen LogP) is 4.55. The summed E-state index contributed by atoms with van der Waals surface area (Å²) < 4.78 is 110. The lowest BCUT2D eigenvalue weighted by Gasteiger charge is -2.54.